The molecule has 4 heteroatoms. The van der Waals surface area contributed by atoms with Crippen molar-refractivity contribution in [3.8, 4) is 0 Å². The van der Waals surface area contributed by atoms with Gasteiger partial charge in [0.25, 0.3) is 0 Å². The first kappa shape index (κ1) is 15.6. The third kappa shape index (κ3) is 4.37. The number of aliphatic imine (C=N–C) groups is 1. The van der Waals surface area contributed by atoms with Gasteiger partial charge in [-0.05, 0) is 38.5 Å². The molecule has 1 unspecified atom stereocenters. The van der Waals surface area contributed by atoms with Crippen LogP contribution in [0.1, 0.15) is 58.8 Å². The Hall–Kier alpha value is -0.770. The van der Waals surface area contributed by atoms with Gasteiger partial charge in [-0.15, -0.1) is 0 Å². The van der Waals surface area contributed by atoms with E-state index in [0.717, 1.165) is 57.2 Å². The zero-order valence-corrected chi connectivity index (χ0v) is 13.2. The highest BCUT2D eigenvalue weighted by Crippen LogP contribution is 2.28. The summed E-state index contributed by atoms with van der Waals surface area (Å²) < 4.78 is 0. The van der Waals surface area contributed by atoms with Crippen LogP contribution >= 0.6 is 0 Å². The second kappa shape index (κ2) is 7.30. The summed E-state index contributed by atoms with van der Waals surface area (Å²) in [6, 6.07) is 0. The van der Waals surface area contributed by atoms with Crippen LogP contribution < -0.4 is 5.32 Å². The predicted octanol–water partition coefficient (Wildman–Crippen LogP) is 2.38. The van der Waals surface area contributed by atoms with E-state index in [2.05, 4.69) is 24.1 Å². The van der Waals surface area contributed by atoms with Crippen LogP contribution in [0.4, 0.5) is 0 Å². The van der Waals surface area contributed by atoms with Gasteiger partial charge in [-0.25, -0.2) is 0 Å². The van der Waals surface area contributed by atoms with E-state index in [0.29, 0.717) is 6.54 Å². The molecule has 116 valence electrons. The molecule has 0 spiro atoms. The maximum absolute atomic E-state index is 10.6. The minimum Gasteiger partial charge on any atom is -0.388 e. The number of piperidine rings is 1. The fourth-order valence-corrected chi connectivity index (χ4v) is 3.40. The van der Waals surface area contributed by atoms with Crippen molar-refractivity contribution >= 4 is 5.96 Å². The Kier molecular flexibility index (Phi) is 5.70. The van der Waals surface area contributed by atoms with Gasteiger partial charge in [0, 0.05) is 19.6 Å². The first-order valence-electron chi connectivity index (χ1n) is 8.38. The number of hydrogen-bond donors (Lipinski definition) is 2. The molecule has 1 atom stereocenters. The highest BCUT2D eigenvalue weighted by Gasteiger charge is 2.29. The van der Waals surface area contributed by atoms with E-state index in [-0.39, 0.29) is 0 Å². The molecule has 2 fully saturated rings. The van der Waals surface area contributed by atoms with Crippen molar-refractivity contribution in [2.75, 3.05) is 26.2 Å². The largest absolute Gasteiger partial charge is 0.388 e. The van der Waals surface area contributed by atoms with Crippen LogP contribution in [0.2, 0.25) is 0 Å². The lowest BCUT2D eigenvalue weighted by molar-refractivity contribution is 0.0129. The summed E-state index contributed by atoms with van der Waals surface area (Å²) in [7, 11) is 0. The molecule has 0 radical (unpaired) electrons. The van der Waals surface area contributed by atoms with Crippen molar-refractivity contribution in [1.29, 1.82) is 0 Å². The zero-order chi connectivity index (χ0) is 14.4. The highest BCUT2D eigenvalue weighted by atomic mass is 16.3. The molecule has 20 heavy (non-hydrogen) atoms. The number of hydrogen-bond acceptors (Lipinski definition) is 2. The van der Waals surface area contributed by atoms with Crippen molar-refractivity contribution in [2.45, 2.75) is 64.4 Å². The van der Waals surface area contributed by atoms with Gasteiger partial charge in [-0.3, -0.25) is 4.99 Å². The van der Waals surface area contributed by atoms with Crippen molar-refractivity contribution in [1.82, 2.24) is 10.2 Å². The fourth-order valence-electron chi connectivity index (χ4n) is 3.40. The van der Waals surface area contributed by atoms with Gasteiger partial charge >= 0.3 is 0 Å². The van der Waals surface area contributed by atoms with E-state index in [9.17, 15) is 5.11 Å². The minimum absolute atomic E-state index is 0.555. The quantitative estimate of drug-likeness (QED) is 0.617. The third-order valence-electron chi connectivity index (χ3n) is 4.60. The van der Waals surface area contributed by atoms with E-state index in [1.807, 2.05) is 0 Å². The Morgan fingerprint density at radius 2 is 2.05 bits per heavy atom. The summed E-state index contributed by atoms with van der Waals surface area (Å²) in [4.78, 5) is 7.11. The van der Waals surface area contributed by atoms with Gasteiger partial charge in [0.15, 0.2) is 5.96 Å². The highest BCUT2D eigenvalue weighted by molar-refractivity contribution is 5.80. The lowest BCUT2D eigenvalue weighted by Gasteiger charge is -2.35. The lowest BCUT2D eigenvalue weighted by atomic mass is 9.85. The van der Waals surface area contributed by atoms with Gasteiger partial charge in [-0.1, -0.05) is 26.2 Å². The van der Waals surface area contributed by atoms with Crippen LogP contribution in [0.15, 0.2) is 4.99 Å². The lowest BCUT2D eigenvalue weighted by Crippen LogP contribution is -2.47. The van der Waals surface area contributed by atoms with Crippen LogP contribution in [0.3, 0.4) is 0 Å². The van der Waals surface area contributed by atoms with Crippen LogP contribution in [-0.4, -0.2) is 47.7 Å². The van der Waals surface area contributed by atoms with Crippen LogP contribution in [0.25, 0.3) is 0 Å². The average Bonchev–Trinajstić information content (AvgIpc) is 2.44. The van der Waals surface area contributed by atoms with E-state index >= 15 is 0 Å². The van der Waals surface area contributed by atoms with E-state index < -0.39 is 5.60 Å². The van der Waals surface area contributed by atoms with Gasteiger partial charge in [0.05, 0.1) is 12.1 Å². The van der Waals surface area contributed by atoms with Crippen molar-refractivity contribution in [3.63, 3.8) is 0 Å². The molecular formula is C16H31N3O. The smallest absolute Gasteiger partial charge is 0.194 e. The number of nitrogens with one attached hydrogen (secondary N) is 1. The number of aliphatic hydroxyl groups is 1. The van der Waals surface area contributed by atoms with E-state index in [1.54, 1.807) is 0 Å². The fraction of sp³-hybridized carbons (Fsp3) is 0.938. The Bertz CT molecular complexity index is 324. The molecule has 0 bridgehead atoms. The molecule has 1 saturated carbocycles. The second-order valence-corrected chi connectivity index (χ2v) is 6.65. The average molecular weight is 281 g/mol. The van der Waals surface area contributed by atoms with E-state index in [4.69, 9.17) is 4.99 Å². The zero-order valence-electron chi connectivity index (χ0n) is 13.2. The van der Waals surface area contributed by atoms with Crippen LogP contribution in [0.5, 0.6) is 0 Å². The Balaban J connectivity index is 1.97. The van der Waals surface area contributed by atoms with Crippen LogP contribution in [-0.2, 0) is 0 Å². The van der Waals surface area contributed by atoms with Crippen molar-refractivity contribution in [2.24, 2.45) is 10.9 Å². The molecule has 1 saturated heterocycles. The summed E-state index contributed by atoms with van der Waals surface area (Å²) in [6.07, 6.45) is 7.93. The third-order valence-corrected chi connectivity index (χ3v) is 4.60. The molecule has 1 aliphatic carbocycles. The number of nitrogens with zero attached hydrogens (tertiary/aromatic N) is 2. The SMILES string of the molecule is CCNC(=NCC1(O)CCCCC1)N1CCCC(C)C1. The summed E-state index contributed by atoms with van der Waals surface area (Å²) in [5.74, 6) is 1.74. The number of rotatable bonds is 3. The molecule has 0 aromatic heterocycles. The molecule has 1 aliphatic heterocycles. The summed E-state index contributed by atoms with van der Waals surface area (Å²) >= 11 is 0. The minimum atomic E-state index is -0.555. The van der Waals surface area contributed by atoms with Gasteiger partial charge < -0.3 is 15.3 Å². The normalized spacial score (nSPS) is 27.4. The molecule has 2 N–H and O–H groups in total. The molecule has 4 nitrogen and oxygen atoms in total. The molecule has 0 amide bonds. The van der Waals surface area contributed by atoms with Gasteiger partial charge in [-0.2, -0.15) is 0 Å². The monoisotopic (exact) mass is 281 g/mol. The maximum Gasteiger partial charge on any atom is 0.194 e. The molecule has 0 aromatic carbocycles. The summed E-state index contributed by atoms with van der Waals surface area (Å²) in [5.41, 5.74) is -0.555. The molecular weight excluding hydrogens is 250 g/mol. The predicted molar refractivity (Wildman–Crippen MR) is 84.0 cm³/mol. The number of likely N-dealkylation sites (tertiary alicyclic amines) is 1. The summed E-state index contributed by atoms with van der Waals surface area (Å²) in [5, 5.41) is 14.0. The van der Waals surface area contributed by atoms with Crippen molar-refractivity contribution < 1.29 is 5.11 Å². The van der Waals surface area contributed by atoms with Gasteiger partial charge in [0.1, 0.15) is 0 Å². The first-order chi connectivity index (χ1) is 9.63. The Morgan fingerprint density at radius 3 is 2.70 bits per heavy atom. The molecule has 2 aliphatic rings. The Morgan fingerprint density at radius 1 is 1.30 bits per heavy atom. The molecule has 1 heterocycles. The standard InChI is InChI=1S/C16H31N3O/c1-3-17-15(19-11-7-8-14(2)12-19)18-13-16(20)9-5-4-6-10-16/h14,20H,3-13H2,1-2H3,(H,17,18). The number of guanidine groups is 1. The van der Waals surface area contributed by atoms with Gasteiger partial charge in [0.2, 0.25) is 0 Å². The second-order valence-electron chi connectivity index (χ2n) is 6.65. The topological polar surface area (TPSA) is 47.9 Å². The van der Waals surface area contributed by atoms with Crippen molar-refractivity contribution in [3.05, 3.63) is 0 Å². The summed E-state index contributed by atoms with van der Waals surface area (Å²) in [6.45, 7) is 8.05. The first-order valence-corrected chi connectivity index (χ1v) is 8.38. The Labute approximate surface area is 123 Å². The van der Waals surface area contributed by atoms with Crippen LogP contribution in [0, 0.1) is 5.92 Å². The van der Waals surface area contributed by atoms with E-state index in [1.165, 1.54) is 19.3 Å². The maximum atomic E-state index is 10.6. The molecule has 0 aromatic rings. The molecule has 2 rings (SSSR count).